The van der Waals surface area contributed by atoms with Gasteiger partial charge in [0.2, 0.25) is 0 Å². The Morgan fingerprint density at radius 1 is 1.21 bits per heavy atom. The summed E-state index contributed by atoms with van der Waals surface area (Å²) in [6.07, 6.45) is 6.45. The fourth-order valence-electron chi connectivity index (χ4n) is 1.69. The molecular formula is C17H19N3O4. The predicted molar refractivity (Wildman–Crippen MR) is 91.3 cm³/mol. The van der Waals surface area contributed by atoms with Gasteiger partial charge in [-0.2, -0.15) is 0 Å². The van der Waals surface area contributed by atoms with Crippen LogP contribution in [0.5, 0.6) is 0 Å². The van der Waals surface area contributed by atoms with Crippen LogP contribution in [0.3, 0.4) is 0 Å². The van der Waals surface area contributed by atoms with Gasteiger partial charge in [-0.05, 0) is 23.8 Å². The van der Waals surface area contributed by atoms with E-state index in [0.717, 1.165) is 0 Å². The Bertz CT molecular complexity index is 667. The van der Waals surface area contributed by atoms with Crippen molar-refractivity contribution in [3.05, 3.63) is 77.6 Å². The van der Waals surface area contributed by atoms with Gasteiger partial charge in [-0.25, -0.2) is 9.97 Å². The molecule has 24 heavy (non-hydrogen) atoms. The molecule has 1 N–H and O–H groups in total. The quantitative estimate of drug-likeness (QED) is 0.363. The molecule has 7 heteroatoms. The monoisotopic (exact) mass is 329 g/mol. The Hall–Kier alpha value is -2.90. The van der Waals surface area contributed by atoms with Crippen LogP contribution < -0.4 is 0 Å². The molecule has 0 aliphatic heterocycles. The average molecular weight is 329 g/mol. The first-order chi connectivity index (χ1) is 11.6. The second kappa shape index (κ2) is 10.8. The number of nitro groups is 1. The molecule has 0 aliphatic carbocycles. The third kappa shape index (κ3) is 6.07. The van der Waals surface area contributed by atoms with Crippen LogP contribution in [-0.2, 0) is 11.3 Å². The van der Waals surface area contributed by atoms with E-state index in [4.69, 9.17) is 9.84 Å². The molecule has 0 aliphatic rings. The minimum Gasteiger partial charge on any atom is -0.392 e. The molecule has 1 heterocycles. The molecule has 0 bridgehead atoms. The van der Waals surface area contributed by atoms with E-state index in [1.54, 1.807) is 18.2 Å². The van der Waals surface area contributed by atoms with Crippen molar-refractivity contribution in [1.82, 2.24) is 9.97 Å². The van der Waals surface area contributed by atoms with E-state index >= 15 is 0 Å². The minimum atomic E-state index is -0.493. The van der Waals surface area contributed by atoms with Gasteiger partial charge in [0.15, 0.2) is 5.82 Å². The largest absolute Gasteiger partial charge is 0.392 e. The second-order valence-corrected chi connectivity index (χ2v) is 4.45. The van der Waals surface area contributed by atoms with E-state index in [-0.39, 0.29) is 18.1 Å². The average Bonchev–Trinajstić information content (AvgIpc) is 2.63. The summed E-state index contributed by atoms with van der Waals surface area (Å²) in [6.45, 7) is 8.00. The van der Waals surface area contributed by atoms with E-state index in [1.807, 2.05) is 0 Å². The summed E-state index contributed by atoms with van der Waals surface area (Å²) in [5.74, 6) is 0.273. The molecule has 0 unspecified atom stereocenters. The fourth-order valence-corrected chi connectivity index (χ4v) is 1.69. The molecule has 0 atom stereocenters. The number of hydrogen-bond donors (Lipinski definition) is 1. The van der Waals surface area contributed by atoms with Crippen molar-refractivity contribution >= 4 is 5.69 Å². The summed E-state index contributed by atoms with van der Waals surface area (Å²) in [5, 5.41) is 19.9. The molecule has 0 fully saturated rings. The van der Waals surface area contributed by atoms with Crippen LogP contribution in [-0.4, -0.2) is 33.2 Å². The van der Waals surface area contributed by atoms with Gasteiger partial charge in [0.25, 0.3) is 5.69 Å². The normalized spacial score (nSPS) is 9.54. The lowest BCUT2D eigenvalue weighted by molar-refractivity contribution is -0.384. The van der Waals surface area contributed by atoms with Crippen molar-refractivity contribution in [3.63, 3.8) is 0 Å². The van der Waals surface area contributed by atoms with Crippen LogP contribution in [0, 0.1) is 10.1 Å². The molecule has 0 saturated heterocycles. The number of ether oxygens (including phenoxy) is 1. The molecule has 7 nitrogen and oxygen atoms in total. The van der Waals surface area contributed by atoms with E-state index in [2.05, 4.69) is 23.1 Å². The van der Waals surface area contributed by atoms with Crippen LogP contribution >= 0.6 is 0 Å². The van der Waals surface area contributed by atoms with E-state index in [9.17, 15) is 10.1 Å². The van der Waals surface area contributed by atoms with Crippen LogP contribution in [0.2, 0.25) is 0 Å². The highest BCUT2D eigenvalue weighted by atomic mass is 16.6. The molecule has 1 aromatic heterocycles. The maximum atomic E-state index is 10.9. The SMILES string of the molecule is C=CCOCC=C.O=[N+]([O-])c1ccc(CO)cc1-c1ncccn1. The highest BCUT2D eigenvalue weighted by molar-refractivity contribution is 5.68. The lowest BCUT2D eigenvalue weighted by atomic mass is 10.1. The molecule has 2 rings (SSSR count). The topological polar surface area (TPSA) is 98.4 Å². The molecule has 2 aromatic rings. The van der Waals surface area contributed by atoms with Crippen molar-refractivity contribution < 1.29 is 14.8 Å². The predicted octanol–water partition coefficient (Wildman–Crippen LogP) is 2.92. The van der Waals surface area contributed by atoms with Crippen molar-refractivity contribution in [2.24, 2.45) is 0 Å². The van der Waals surface area contributed by atoms with Gasteiger partial charge in [-0.1, -0.05) is 12.2 Å². The molecule has 0 spiro atoms. The Labute approximate surface area is 140 Å². The molecule has 0 radical (unpaired) electrons. The highest BCUT2D eigenvalue weighted by Crippen LogP contribution is 2.27. The number of aromatic nitrogens is 2. The van der Waals surface area contributed by atoms with E-state index < -0.39 is 4.92 Å². The van der Waals surface area contributed by atoms with E-state index in [1.165, 1.54) is 30.6 Å². The van der Waals surface area contributed by atoms with Crippen LogP contribution in [0.25, 0.3) is 11.4 Å². The summed E-state index contributed by atoms with van der Waals surface area (Å²) in [5.41, 5.74) is 0.814. The maximum Gasteiger partial charge on any atom is 0.280 e. The first-order valence-electron chi connectivity index (χ1n) is 7.09. The molecule has 0 saturated carbocycles. The Morgan fingerprint density at radius 3 is 2.33 bits per heavy atom. The molecule has 1 aromatic carbocycles. The lowest BCUT2D eigenvalue weighted by Crippen LogP contribution is -1.96. The summed E-state index contributed by atoms with van der Waals surface area (Å²) < 4.78 is 4.90. The van der Waals surface area contributed by atoms with Crippen LogP contribution in [0.15, 0.2) is 62.0 Å². The van der Waals surface area contributed by atoms with E-state index in [0.29, 0.717) is 24.3 Å². The summed E-state index contributed by atoms with van der Waals surface area (Å²) in [4.78, 5) is 18.3. The van der Waals surface area contributed by atoms with Gasteiger partial charge in [0.05, 0.1) is 30.3 Å². The first-order valence-corrected chi connectivity index (χ1v) is 7.09. The minimum absolute atomic E-state index is 0.0756. The zero-order valence-electron chi connectivity index (χ0n) is 13.2. The van der Waals surface area contributed by atoms with Gasteiger partial charge < -0.3 is 9.84 Å². The standard InChI is InChI=1S/C11H9N3O3.C6H10O/c15-7-8-2-3-10(14(16)17)9(6-8)11-12-4-1-5-13-11;1-3-5-7-6-4-2/h1-6,15H,7H2;3-4H,1-2,5-6H2. The highest BCUT2D eigenvalue weighted by Gasteiger charge is 2.17. The zero-order valence-corrected chi connectivity index (χ0v) is 13.2. The van der Waals surface area contributed by atoms with Crippen LogP contribution in [0.4, 0.5) is 5.69 Å². The molecule has 126 valence electrons. The summed E-state index contributed by atoms with van der Waals surface area (Å²) in [6, 6.07) is 6.00. The first kappa shape index (κ1) is 19.1. The summed E-state index contributed by atoms with van der Waals surface area (Å²) >= 11 is 0. The fraction of sp³-hybridized carbons (Fsp3) is 0.176. The second-order valence-electron chi connectivity index (χ2n) is 4.45. The zero-order chi connectivity index (χ0) is 17.8. The Balaban J connectivity index is 0.000000351. The number of nitrogens with zero attached hydrogens (tertiary/aromatic N) is 3. The number of aliphatic hydroxyl groups is 1. The number of aliphatic hydroxyl groups excluding tert-OH is 1. The smallest absolute Gasteiger partial charge is 0.280 e. The molecular weight excluding hydrogens is 310 g/mol. The van der Waals surface area contributed by atoms with Gasteiger partial charge in [-0.3, -0.25) is 10.1 Å². The molecule has 0 amide bonds. The van der Waals surface area contributed by atoms with Gasteiger partial charge in [0, 0.05) is 18.5 Å². The maximum absolute atomic E-state index is 10.9. The number of nitro benzene ring substituents is 1. The van der Waals surface area contributed by atoms with Gasteiger partial charge >= 0.3 is 0 Å². The van der Waals surface area contributed by atoms with Crippen molar-refractivity contribution in [3.8, 4) is 11.4 Å². The van der Waals surface area contributed by atoms with Crippen LogP contribution in [0.1, 0.15) is 5.56 Å². The number of hydrogen-bond acceptors (Lipinski definition) is 6. The van der Waals surface area contributed by atoms with Crippen molar-refractivity contribution in [2.45, 2.75) is 6.61 Å². The van der Waals surface area contributed by atoms with Gasteiger partial charge in [0.1, 0.15) is 0 Å². The number of benzene rings is 1. The van der Waals surface area contributed by atoms with Crippen molar-refractivity contribution in [1.29, 1.82) is 0 Å². The van der Waals surface area contributed by atoms with Gasteiger partial charge in [-0.15, -0.1) is 13.2 Å². The van der Waals surface area contributed by atoms with Crippen molar-refractivity contribution in [2.75, 3.05) is 13.2 Å². The Morgan fingerprint density at radius 2 is 1.83 bits per heavy atom. The third-order valence-electron chi connectivity index (χ3n) is 2.72. The third-order valence-corrected chi connectivity index (χ3v) is 2.72. The Kier molecular flexibility index (Phi) is 8.59. The lowest BCUT2D eigenvalue weighted by Gasteiger charge is -2.03. The number of rotatable bonds is 7. The summed E-state index contributed by atoms with van der Waals surface area (Å²) in [7, 11) is 0.